The maximum atomic E-state index is 12.2. The molecular formula is C12H15N5O2. The summed E-state index contributed by atoms with van der Waals surface area (Å²) in [5, 5.41) is 7.37. The lowest BCUT2D eigenvalue weighted by molar-refractivity contribution is -0.131. The fraction of sp³-hybridized carbons (Fsp3) is 0.417. The topological polar surface area (TPSA) is 85.0 Å². The highest BCUT2D eigenvalue weighted by Gasteiger charge is 2.20. The van der Waals surface area contributed by atoms with E-state index < -0.39 is 0 Å². The van der Waals surface area contributed by atoms with Gasteiger partial charge in [0.05, 0.1) is 18.2 Å². The van der Waals surface area contributed by atoms with E-state index in [0.29, 0.717) is 11.4 Å². The summed E-state index contributed by atoms with van der Waals surface area (Å²) in [5.41, 5.74) is 1.99. The molecule has 0 saturated carbocycles. The first-order valence-corrected chi connectivity index (χ1v) is 5.89. The number of amides is 1. The minimum absolute atomic E-state index is 0.0649. The molecule has 0 spiro atoms. The number of rotatable bonds is 4. The molecule has 19 heavy (non-hydrogen) atoms. The lowest BCUT2D eigenvalue weighted by Crippen LogP contribution is -2.31. The van der Waals surface area contributed by atoms with E-state index in [1.165, 1.54) is 6.33 Å². The zero-order chi connectivity index (χ0) is 13.8. The molecule has 2 heterocycles. The van der Waals surface area contributed by atoms with Gasteiger partial charge >= 0.3 is 0 Å². The molecule has 0 aliphatic rings. The molecule has 2 aromatic rings. The number of carbonyl (C=O) groups excluding carboxylic acids is 1. The van der Waals surface area contributed by atoms with E-state index in [9.17, 15) is 4.79 Å². The number of aryl methyl sites for hydroxylation is 1. The maximum Gasteiger partial charge on any atom is 0.229 e. The van der Waals surface area contributed by atoms with Crippen LogP contribution in [0.4, 0.5) is 0 Å². The van der Waals surface area contributed by atoms with Gasteiger partial charge in [-0.2, -0.15) is 0 Å². The van der Waals surface area contributed by atoms with Crippen molar-refractivity contribution in [1.82, 2.24) is 25.2 Å². The number of aromatic nitrogens is 4. The van der Waals surface area contributed by atoms with Gasteiger partial charge < -0.3 is 4.90 Å². The summed E-state index contributed by atoms with van der Waals surface area (Å²) in [6.45, 7) is 3.67. The first kappa shape index (κ1) is 13.1. The molecule has 7 heteroatoms. The Kier molecular flexibility index (Phi) is 3.84. The third kappa shape index (κ3) is 2.93. The monoisotopic (exact) mass is 261 g/mol. The quantitative estimate of drug-likeness (QED) is 0.814. The molecule has 0 aliphatic carbocycles. The van der Waals surface area contributed by atoms with E-state index in [0.717, 1.165) is 5.69 Å². The van der Waals surface area contributed by atoms with E-state index in [4.69, 9.17) is 0 Å². The zero-order valence-electron chi connectivity index (χ0n) is 11.1. The Balaban J connectivity index is 2.05. The van der Waals surface area contributed by atoms with Gasteiger partial charge in [-0.3, -0.25) is 4.79 Å². The number of carbonyl (C=O) groups is 1. The van der Waals surface area contributed by atoms with E-state index in [1.54, 1.807) is 31.1 Å². The van der Waals surface area contributed by atoms with Gasteiger partial charge in [-0.15, -0.1) is 0 Å². The molecule has 0 saturated heterocycles. The predicted octanol–water partition coefficient (Wildman–Crippen LogP) is 0.930. The number of hydrogen-bond donors (Lipinski definition) is 0. The van der Waals surface area contributed by atoms with Crippen molar-refractivity contribution in [2.75, 3.05) is 7.05 Å². The second-order valence-electron chi connectivity index (χ2n) is 4.29. The third-order valence-electron chi connectivity index (χ3n) is 3.07. The molecule has 0 aromatic carbocycles. The highest BCUT2D eigenvalue weighted by atomic mass is 16.6. The molecular weight excluding hydrogens is 246 g/mol. The van der Waals surface area contributed by atoms with Gasteiger partial charge in [0.2, 0.25) is 5.91 Å². The first-order valence-electron chi connectivity index (χ1n) is 5.89. The van der Waals surface area contributed by atoms with E-state index in [-0.39, 0.29) is 18.4 Å². The SMILES string of the molecule is Cc1nonc1CC(=O)N(C)C(C)c1ccncn1. The second kappa shape index (κ2) is 5.55. The van der Waals surface area contributed by atoms with Crippen molar-refractivity contribution in [2.24, 2.45) is 0 Å². The fourth-order valence-electron chi connectivity index (χ4n) is 1.64. The molecule has 0 fully saturated rings. The Morgan fingerprint density at radius 1 is 1.47 bits per heavy atom. The summed E-state index contributed by atoms with van der Waals surface area (Å²) >= 11 is 0. The maximum absolute atomic E-state index is 12.2. The van der Waals surface area contributed by atoms with Crippen LogP contribution < -0.4 is 0 Å². The van der Waals surface area contributed by atoms with Gasteiger partial charge in [0, 0.05) is 13.2 Å². The third-order valence-corrected chi connectivity index (χ3v) is 3.07. The fourth-order valence-corrected chi connectivity index (χ4v) is 1.64. The normalized spacial score (nSPS) is 12.2. The summed E-state index contributed by atoms with van der Waals surface area (Å²) in [6, 6.07) is 1.66. The lowest BCUT2D eigenvalue weighted by atomic mass is 10.1. The smallest absolute Gasteiger partial charge is 0.229 e. The molecule has 0 bridgehead atoms. The Bertz CT molecular complexity index is 554. The van der Waals surface area contributed by atoms with E-state index in [1.807, 2.05) is 6.92 Å². The Labute approximate surface area is 110 Å². The predicted molar refractivity (Wildman–Crippen MR) is 66.0 cm³/mol. The minimum Gasteiger partial charge on any atom is -0.337 e. The summed E-state index contributed by atoms with van der Waals surface area (Å²) in [7, 11) is 1.73. The van der Waals surface area contributed by atoms with Crippen molar-refractivity contribution in [3.05, 3.63) is 35.7 Å². The molecule has 1 unspecified atom stereocenters. The summed E-state index contributed by atoms with van der Waals surface area (Å²) in [5.74, 6) is -0.0649. The second-order valence-corrected chi connectivity index (χ2v) is 4.29. The largest absolute Gasteiger partial charge is 0.337 e. The van der Waals surface area contributed by atoms with Crippen LogP contribution in [-0.4, -0.2) is 38.1 Å². The van der Waals surface area contributed by atoms with Crippen LogP contribution in [0.25, 0.3) is 0 Å². The van der Waals surface area contributed by atoms with Gasteiger partial charge in [-0.05, 0) is 19.9 Å². The van der Waals surface area contributed by atoms with Crippen molar-refractivity contribution >= 4 is 5.91 Å². The van der Waals surface area contributed by atoms with Gasteiger partial charge in [0.25, 0.3) is 0 Å². The van der Waals surface area contributed by atoms with Crippen LogP contribution in [0.15, 0.2) is 23.2 Å². The van der Waals surface area contributed by atoms with Crippen LogP contribution in [0, 0.1) is 6.92 Å². The summed E-state index contributed by atoms with van der Waals surface area (Å²) in [6.07, 6.45) is 3.29. The van der Waals surface area contributed by atoms with Gasteiger partial charge in [-0.1, -0.05) is 10.3 Å². The molecule has 0 aliphatic heterocycles. The van der Waals surface area contributed by atoms with Crippen LogP contribution in [-0.2, 0) is 11.2 Å². The zero-order valence-corrected chi connectivity index (χ0v) is 11.1. The Hall–Kier alpha value is -2.31. The van der Waals surface area contributed by atoms with Gasteiger partial charge in [0.15, 0.2) is 0 Å². The molecule has 0 radical (unpaired) electrons. The Morgan fingerprint density at radius 3 is 2.84 bits per heavy atom. The molecule has 2 rings (SSSR count). The summed E-state index contributed by atoms with van der Waals surface area (Å²) in [4.78, 5) is 21.8. The van der Waals surface area contributed by atoms with Gasteiger partial charge in [0.1, 0.15) is 17.7 Å². The highest BCUT2D eigenvalue weighted by Crippen LogP contribution is 2.16. The molecule has 2 aromatic heterocycles. The lowest BCUT2D eigenvalue weighted by Gasteiger charge is -2.24. The number of nitrogens with zero attached hydrogens (tertiary/aromatic N) is 5. The molecule has 100 valence electrons. The van der Waals surface area contributed by atoms with E-state index >= 15 is 0 Å². The van der Waals surface area contributed by atoms with Crippen molar-refractivity contribution in [3.8, 4) is 0 Å². The van der Waals surface area contributed by atoms with Crippen molar-refractivity contribution in [2.45, 2.75) is 26.3 Å². The average Bonchev–Trinajstić information content (AvgIpc) is 2.83. The molecule has 7 nitrogen and oxygen atoms in total. The van der Waals surface area contributed by atoms with Crippen LogP contribution in [0.2, 0.25) is 0 Å². The first-order chi connectivity index (χ1) is 9.09. The van der Waals surface area contributed by atoms with Crippen molar-refractivity contribution in [1.29, 1.82) is 0 Å². The molecule has 1 amide bonds. The highest BCUT2D eigenvalue weighted by molar-refractivity contribution is 5.78. The van der Waals surface area contributed by atoms with Crippen LogP contribution >= 0.6 is 0 Å². The minimum atomic E-state index is -0.129. The van der Waals surface area contributed by atoms with Crippen LogP contribution in [0.5, 0.6) is 0 Å². The van der Waals surface area contributed by atoms with Crippen molar-refractivity contribution < 1.29 is 9.42 Å². The molecule has 0 N–H and O–H groups in total. The molecule has 1 atom stereocenters. The average molecular weight is 261 g/mol. The van der Waals surface area contributed by atoms with Crippen molar-refractivity contribution in [3.63, 3.8) is 0 Å². The standard InChI is InChI=1S/C12H15N5O2/c1-8-11(16-19-15-8)6-12(18)17(3)9(2)10-4-5-13-7-14-10/h4-5,7,9H,6H2,1-3H3. The number of hydrogen-bond acceptors (Lipinski definition) is 6. The summed E-state index contributed by atoms with van der Waals surface area (Å²) < 4.78 is 4.58. The van der Waals surface area contributed by atoms with Crippen LogP contribution in [0.3, 0.4) is 0 Å². The van der Waals surface area contributed by atoms with Crippen LogP contribution in [0.1, 0.15) is 30.0 Å². The number of likely N-dealkylation sites (N-methyl/N-ethyl adjacent to an activating group) is 1. The van der Waals surface area contributed by atoms with E-state index in [2.05, 4.69) is 24.9 Å². The van der Waals surface area contributed by atoms with Gasteiger partial charge in [-0.25, -0.2) is 14.6 Å². The Morgan fingerprint density at radius 2 is 2.26 bits per heavy atom.